The third kappa shape index (κ3) is 7.43. The molecule has 1 atom stereocenters. The van der Waals surface area contributed by atoms with E-state index in [0.29, 0.717) is 18.7 Å². The molecule has 0 bridgehead atoms. The van der Waals surface area contributed by atoms with Gasteiger partial charge in [-0.25, -0.2) is 8.42 Å². The number of anilines is 1. The Hall–Kier alpha value is -3.65. The van der Waals surface area contributed by atoms with Gasteiger partial charge in [0.2, 0.25) is 21.8 Å². The molecule has 1 N–H and O–H groups in total. The summed E-state index contributed by atoms with van der Waals surface area (Å²) in [6, 6.07) is 23.4. The van der Waals surface area contributed by atoms with E-state index in [9.17, 15) is 18.0 Å². The topological polar surface area (TPSA) is 86.8 Å². The van der Waals surface area contributed by atoms with E-state index in [2.05, 4.69) is 5.32 Å². The molecule has 0 heterocycles. The molecule has 0 fully saturated rings. The Bertz CT molecular complexity index is 1310. The van der Waals surface area contributed by atoms with Crippen LogP contribution >= 0.6 is 0 Å². The Labute approximate surface area is 220 Å². The van der Waals surface area contributed by atoms with E-state index in [1.807, 2.05) is 87.5 Å². The van der Waals surface area contributed by atoms with Crippen molar-refractivity contribution in [2.45, 2.75) is 39.8 Å². The number of benzene rings is 3. The predicted octanol–water partition coefficient (Wildman–Crippen LogP) is 3.85. The molecule has 0 aliphatic heterocycles. The Kier molecular flexibility index (Phi) is 9.47. The molecule has 0 aliphatic rings. The Morgan fingerprint density at radius 2 is 1.46 bits per heavy atom. The number of hydrogen-bond acceptors (Lipinski definition) is 4. The molecule has 3 aromatic rings. The molecule has 3 aromatic carbocycles. The normalized spacial score (nSPS) is 12.0. The molecule has 0 spiro atoms. The van der Waals surface area contributed by atoms with Crippen LogP contribution in [0.25, 0.3) is 0 Å². The monoisotopic (exact) mass is 521 g/mol. The van der Waals surface area contributed by atoms with Crippen LogP contribution in [-0.4, -0.2) is 50.5 Å². The van der Waals surface area contributed by atoms with Gasteiger partial charge in [-0.2, -0.15) is 0 Å². The Morgan fingerprint density at radius 1 is 0.865 bits per heavy atom. The third-order valence-corrected chi connectivity index (χ3v) is 7.47. The van der Waals surface area contributed by atoms with Crippen LogP contribution in [-0.2, 0) is 32.6 Å². The number of nitrogens with one attached hydrogen (secondary N) is 1. The van der Waals surface area contributed by atoms with Crippen molar-refractivity contribution >= 4 is 27.5 Å². The quantitative estimate of drug-likeness (QED) is 0.415. The van der Waals surface area contributed by atoms with Crippen molar-refractivity contribution in [2.75, 3.05) is 23.7 Å². The van der Waals surface area contributed by atoms with Crippen LogP contribution in [0.4, 0.5) is 5.69 Å². The number of hydrogen-bond donors (Lipinski definition) is 1. The molecule has 37 heavy (non-hydrogen) atoms. The second-order valence-corrected chi connectivity index (χ2v) is 11.0. The van der Waals surface area contributed by atoms with Crippen LogP contribution in [0.3, 0.4) is 0 Å². The zero-order chi connectivity index (χ0) is 27.0. The molecule has 2 amide bonds. The van der Waals surface area contributed by atoms with Gasteiger partial charge in [-0.1, -0.05) is 72.8 Å². The van der Waals surface area contributed by atoms with Crippen molar-refractivity contribution in [1.82, 2.24) is 10.2 Å². The van der Waals surface area contributed by atoms with E-state index in [1.165, 1.54) is 4.90 Å². The lowest BCUT2D eigenvalue weighted by Gasteiger charge is -2.33. The fourth-order valence-corrected chi connectivity index (χ4v) is 5.13. The molecule has 0 unspecified atom stereocenters. The van der Waals surface area contributed by atoms with Crippen LogP contribution in [0.5, 0.6) is 0 Å². The van der Waals surface area contributed by atoms with Crippen LogP contribution in [0, 0.1) is 13.8 Å². The lowest BCUT2D eigenvalue weighted by Crippen LogP contribution is -2.53. The number of aryl methyl sites for hydroxylation is 1. The van der Waals surface area contributed by atoms with Gasteiger partial charge in [0.15, 0.2) is 0 Å². The number of rotatable bonds is 11. The first-order valence-corrected chi connectivity index (χ1v) is 14.2. The number of carbonyl (C=O) groups is 2. The first kappa shape index (κ1) is 27.9. The van der Waals surface area contributed by atoms with Crippen LogP contribution in [0.15, 0.2) is 78.9 Å². The predicted molar refractivity (Wildman–Crippen MR) is 148 cm³/mol. The van der Waals surface area contributed by atoms with Crippen LogP contribution in [0.2, 0.25) is 0 Å². The molecular weight excluding hydrogens is 486 g/mol. The summed E-state index contributed by atoms with van der Waals surface area (Å²) in [5.74, 6) is -0.740. The summed E-state index contributed by atoms with van der Waals surface area (Å²) in [4.78, 5) is 28.7. The third-order valence-electron chi connectivity index (χ3n) is 6.34. The number of likely N-dealkylation sites (N-methyl/N-ethyl adjacent to an activating group) is 1. The van der Waals surface area contributed by atoms with Crippen molar-refractivity contribution in [3.8, 4) is 0 Å². The lowest BCUT2D eigenvalue weighted by atomic mass is 10.0. The molecule has 0 saturated carbocycles. The second kappa shape index (κ2) is 12.5. The van der Waals surface area contributed by atoms with Gasteiger partial charge in [0.1, 0.15) is 12.6 Å². The maximum atomic E-state index is 14.0. The number of amides is 2. The van der Waals surface area contributed by atoms with Gasteiger partial charge in [-0.15, -0.1) is 0 Å². The van der Waals surface area contributed by atoms with Crippen LogP contribution < -0.4 is 9.62 Å². The minimum Gasteiger partial charge on any atom is -0.355 e. The highest BCUT2D eigenvalue weighted by molar-refractivity contribution is 7.92. The second-order valence-electron chi connectivity index (χ2n) is 9.10. The van der Waals surface area contributed by atoms with Gasteiger partial charge >= 0.3 is 0 Å². The van der Waals surface area contributed by atoms with Crippen molar-refractivity contribution in [3.05, 3.63) is 101 Å². The van der Waals surface area contributed by atoms with E-state index < -0.39 is 28.5 Å². The summed E-state index contributed by atoms with van der Waals surface area (Å²) in [6.07, 6.45) is 1.39. The average Bonchev–Trinajstić information content (AvgIpc) is 2.87. The summed E-state index contributed by atoms with van der Waals surface area (Å²) >= 11 is 0. The molecule has 0 radical (unpaired) electrons. The van der Waals surface area contributed by atoms with Gasteiger partial charge in [0.05, 0.1) is 11.9 Å². The molecule has 7 nitrogen and oxygen atoms in total. The van der Waals surface area contributed by atoms with Crippen molar-refractivity contribution < 1.29 is 18.0 Å². The summed E-state index contributed by atoms with van der Waals surface area (Å²) in [7, 11) is -3.79. The molecule has 0 saturated heterocycles. The zero-order valence-electron chi connectivity index (χ0n) is 21.8. The highest BCUT2D eigenvalue weighted by Crippen LogP contribution is 2.26. The summed E-state index contributed by atoms with van der Waals surface area (Å²) in [6.45, 7) is 5.72. The highest BCUT2D eigenvalue weighted by Gasteiger charge is 2.33. The average molecular weight is 522 g/mol. The minimum absolute atomic E-state index is 0.165. The molecule has 0 aliphatic carbocycles. The molecule has 8 heteroatoms. The fraction of sp³-hybridized carbons (Fsp3) is 0.310. The molecular formula is C29H35N3O4S. The fourth-order valence-electron chi connectivity index (χ4n) is 4.23. The van der Waals surface area contributed by atoms with Crippen molar-refractivity contribution in [1.29, 1.82) is 0 Å². The smallest absolute Gasteiger partial charge is 0.244 e. The lowest BCUT2D eigenvalue weighted by molar-refractivity contribution is -0.140. The molecule has 196 valence electrons. The first-order chi connectivity index (χ1) is 17.6. The van der Waals surface area contributed by atoms with Crippen molar-refractivity contribution in [2.24, 2.45) is 0 Å². The maximum Gasteiger partial charge on any atom is 0.244 e. The standard InChI is InChI=1S/C29H35N3O4S/c1-5-30-29(34)27(19-24-14-8-6-9-15-24)31(20-25-16-10-7-11-17-25)28(33)21-32(37(4,35)36)26-18-12-13-22(2)23(26)3/h6-18,27H,5,19-21H2,1-4H3,(H,30,34)/t27-/m0/s1. The minimum atomic E-state index is -3.79. The SMILES string of the molecule is CCNC(=O)[C@H](Cc1ccccc1)N(Cc1ccccc1)C(=O)CN(c1cccc(C)c1C)S(C)(=O)=O. The van der Waals surface area contributed by atoms with Crippen molar-refractivity contribution in [3.63, 3.8) is 0 Å². The van der Waals surface area contributed by atoms with E-state index in [4.69, 9.17) is 0 Å². The first-order valence-electron chi connectivity index (χ1n) is 12.3. The number of carbonyl (C=O) groups excluding carboxylic acids is 2. The largest absolute Gasteiger partial charge is 0.355 e. The maximum absolute atomic E-state index is 14.0. The van der Waals surface area contributed by atoms with Crippen LogP contribution in [0.1, 0.15) is 29.2 Å². The highest BCUT2D eigenvalue weighted by atomic mass is 32.2. The van der Waals surface area contributed by atoms with E-state index >= 15 is 0 Å². The summed E-state index contributed by atoms with van der Waals surface area (Å²) < 4.78 is 26.9. The van der Waals surface area contributed by atoms with Gasteiger partial charge in [-0.05, 0) is 49.1 Å². The van der Waals surface area contributed by atoms with Gasteiger partial charge < -0.3 is 10.2 Å². The van der Waals surface area contributed by atoms with Gasteiger partial charge in [-0.3, -0.25) is 13.9 Å². The summed E-state index contributed by atoms with van der Waals surface area (Å²) in [5, 5.41) is 2.85. The van der Waals surface area contributed by atoms with Gasteiger partial charge in [0.25, 0.3) is 0 Å². The van der Waals surface area contributed by atoms with E-state index in [0.717, 1.165) is 32.8 Å². The summed E-state index contributed by atoms with van der Waals surface area (Å²) in [5.41, 5.74) is 3.90. The number of sulfonamides is 1. The van der Waals surface area contributed by atoms with E-state index in [-0.39, 0.29) is 12.5 Å². The van der Waals surface area contributed by atoms with Gasteiger partial charge in [0, 0.05) is 19.5 Å². The zero-order valence-corrected chi connectivity index (χ0v) is 22.7. The Balaban J connectivity index is 2.05. The van der Waals surface area contributed by atoms with E-state index in [1.54, 1.807) is 12.1 Å². The molecule has 3 rings (SSSR count). The Morgan fingerprint density at radius 3 is 2.03 bits per heavy atom. The number of nitrogens with zero attached hydrogens (tertiary/aromatic N) is 2. The molecule has 0 aromatic heterocycles.